The topological polar surface area (TPSA) is 3.24 Å². The summed E-state index contributed by atoms with van der Waals surface area (Å²) in [7, 11) is 0. The Hall–Kier alpha value is -0.0400. The highest BCUT2D eigenvalue weighted by molar-refractivity contribution is 4.68. The summed E-state index contributed by atoms with van der Waals surface area (Å²) in [4.78, 5) is 2.73. The van der Waals surface area contributed by atoms with Crippen molar-refractivity contribution >= 4 is 0 Å². The van der Waals surface area contributed by atoms with E-state index in [1.165, 1.54) is 71.0 Å². The average molecular weight is 211 g/mol. The van der Waals surface area contributed by atoms with E-state index in [0.717, 1.165) is 5.92 Å². The molecule has 0 spiro atoms. The number of likely N-dealkylation sites (tertiary alicyclic amines) is 1. The molecule has 0 unspecified atom stereocenters. The van der Waals surface area contributed by atoms with E-state index in [2.05, 4.69) is 18.7 Å². The Kier molecular flexibility index (Phi) is 7.08. The third-order valence-electron chi connectivity index (χ3n) is 3.61. The van der Waals surface area contributed by atoms with E-state index in [0.29, 0.717) is 0 Å². The Labute approximate surface area is 96.2 Å². The van der Waals surface area contributed by atoms with Gasteiger partial charge in [0.1, 0.15) is 0 Å². The van der Waals surface area contributed by atoms with Crippen LogP contribution in [-0.4, -0.2) is 24.5 Å². The van der Waals surface area contributed by atoms with Gasteiger partial charge in [-0.25, -0.2) is 0 Å². The number of rotatable bonds is 6. The second-order valence-corrected chi connectivity index (χ2v) is 5.16. The lowest BCUT2D eigenvalue weighted by Gasteiger charge is -2.25. The highest BCUT2D eigenvalue weighted by Crippen LogP contribution is 2.18. The lowest BCUT2D eigenvalue weighted by molar-refractivity contribution is 0.223. The van der Waals surface area contributed by atoms with Crippen LogP contribution in [0.5, 0.6) is 0 Å². The van der Waals surface area contributed by atoms with E-state index in [4.69, 9.17) is 0 Å². The first kappa shape index (κ1) is 13.0. The molecule has 0 aromatic heterocycles. The predicted octanol–water partition coefficient (Wildman–Crippen LogP) is 4.08. The maximum absolute atomic E-state index is 2.73. The van der Waals surface area contributed by atoms with E-state index in [-0.39, 0.29) is 0 Å². The first-order valence-electron chi connectivity index (χ1n) is 7.09. The maximum atomic E-state index is 2.73. The summed E-state index contributed by atoms with van der Waals surface area (Å²) < 4.78 is 0. The van der Waals surface area contributed by atoms with Gasteiger partial charge in [0.25, 0.3) is 0 Å². The Bertz CT molecular complexity index is 130. The molecule has 0 bridgehead atoms. The fourth-order valence-corrected chi connectivity index (χ4v) is 2.83. The van der Waals surface area contributed by atoms with Crippen LogP contribution in [0.3, 0.4) is 0 Å². The maximum Gasteiger partial charge on any atom is 0.000965 e. The van der Waals surface area contributed by atoms with Gasteiger partial charge in [-0.3, -0.25) is 0 Å². The molecule has 90 valence electrons. The zero-order valence-electron chi connectivity index (χ0n) is 10.8. The van der Waals surface area contributed by atoms with Crippen LogP contribution in [-0.2, 0) is 0 Å². The Morgan fingerprint density at radius 1 is 0.867 bits per heavy atom. The van der Waals surface area contributed by atoms with Crippen molar-refractivity contribution in [3.63, 3.8) is 0 Å². The van der Waals surface area contributed by atoms with E-state index in [1.807, 2.05) is 0 Å². The van der Waals surface area contributed by atoms with E-state index >= 15 is 0 Å². The summed E-state index contributed by atoms with van der Waals surface area (Å²) in [6.45, 7) is 8.76. The van der Waals surface area contributed by atoms with Crippen molar-refractivity contribution in [2.24, 2.45) is 5.92 Å². The molecule has 1 aliphatic heterocycles. The Morgan fingerprint density at radius 2 is 1.40 bits per heavy atom. The zero-order valence-corrected chi connectivity index (χ0v) is 10.8. The molecule has 0 amide bonds. The predicted molar refractivity (Wildman–Crippen MR) is 68.2 cm³/mol. The van der Waals surface area contributed by atoms with Gasteiger partial charge in [0.2, 0.25) is 0 Å². The minimum Gasteiger partial charge on any atom is -0.303 e. The average Bonchev–Trinajstić information content (AvgIpc) is 2.47. The summed E-state index contributed by atoms with van der Waals surface area (Å²) in [5, 5.41) is 0. The largest absolute Gasteiger partial charge is 0.303 e. The molecule has 0 aromatic carbocycles. The molecule has 0 saturated carbocycles. The fourth-order valence-electron chi connectivity index (χ4n) is 2.83. The molecule has 1 heteroatoms. The first-order chi connectivity index (χ1) is 7.36. The second-order valence-electron chi connectivity index (χ2n) is 5.16. The van der Waals surface area contributed by atoms with Crippen molar-refractivity contribution < 1.29 is 0 Å². The molecular weight excluding hydrogens is 182 g/mol. The van der Waals surface area contributed by atoms with Gasteiger partial charge in [-0.2, -0.15) is 0 Å². The SMILES string of the molecule is CCCC(CCC)CN1CCCCCC1. The third kappa shape index (κ3) is 5.55. The highest BCUT2D eigenvalue weighted by atomic mass is 15.1. The van der Waals surface area contributed by atoms with E-state index in [1.54, 1.807) is 0 Å². The molecule has 1 saturated heterocycles. The fraction of sp³-hybridized carbons (Fsp3) is 1.00. The third-order valence-corrected chi connectivity index (χ3v) is 3.61. The van der Waals surface area contributed by atoms with Crippen LogP contribution >= 0.6 is 0 Å². The standard InChI is InChI=1S/C14H29N/c1-3-9-14(10-4-2)13-15-11-7-5-6-8-12-15/h14H,3-13H2,1-2H3. The van der Waals surface area contributed by atoms with Gasteiger partial charge >= 0.3 is 0 Å². The minimum absolute atomic E-state index is 0.970. The summed E-state index contributed by atoms with van der Waals surface area (Å²) in [5.74, 6) is 0.970. The Morgan fingerprint density at radius 3 is 1.87 bits per heavy atom. The van der Waals surface area contributed by atoms with Gasteiger partial charge in [-0.05, 0) is 44.7 Å². The minimum atomic E-state index is 0.970. The Balaban J connectivity index is 2.27. The van der Waals surface area contributed by atoms with Gasteiger partial charge < -0.3 is 4.90 Å². The quantitative estimate of drug-likeness (QED) is 0.640. The number of hydrogen-bond donors (Lipinski definition) is 0. The van der Waals surface area contributed by atoms with Gasteiger partial charge in [-0.15, -0.1) is 0 Å². The van der Waals surface area contributed by atoms with Crippen molar-refractivity contribution in [2.45, 2.75) is 65.2 Å². The summed E-state index contributed by atoms with van der Waals surface area (Å²) in [6, 6.07) is 0. The molecule has 1 heterocycles. The zero-order chi connectivity index (χ0) is 10.9. The van der Waals surface area contributed by atoms with Gasteiger partial charge in [0.05, 0.1) is 0 Å². The van der Waals surface area contributed by atoms with Crippen LogP contribution in [0.2, 0.25) is 0 Å². The van der Waals surface area contributed by atoms with Crippen molar-refractivity contribution in [1.29, 1.82) is 0 Å². The molecular formula is C14H29N. The molecule has 15 heavy (non-hydrogen) atoms. The molecule has 1 rings (SSSR count). The second kappa shape index (κ2) is 8.15. The molecule has 0 radical (unpaired) electrons. The van der Waals surface area contributed by atoms with Crippen LogP contribution in [0.1, 0.15) is 65.2 Å². The smallest absolute Gasteiger partial charge is 0.000965 e. The van der Waals surface area contributed by atoms with Crippen LogP contribution < -0.4 is 0 Å². The van der Waals surface area contributed by atoms with Crippen LogP contribution in [0, 0.1) is 5.92 Å². The summed E-state index contributed by atoms with van der Waals surface area (Å²) in [5.41, 5.74) is 0. The van der Waals surface area contributed by atoms with Crippen LogP contribution in [0.4, 0.5) is 0 Å². The normalized spacial score (nSPS) is 19.4. The number of hydrogen-bond acceptors (Lipinski definition) is 1. The molecule has 1 nitrogen and oxygen atoms in total. The monoisotopic (exact) mass is 211 g/mol. The van der Waals surface area contributed by atoms with E-state index in [9.17, 15) is 0 Å². The summed E-state index contributed by atoms with van der Waals surface area (Å²) in [6.07, 6.45) is 11.4. The lowest BCUT2D eigenvalue weighted by atomic mass is 9.97. The molecule has 0 aliphatic carbocycles. The number of nitrogens with zero attached hydrogens (tertiary/aromatic N) is 1. The van der Waals surface area contributed by atoms with Crippen molar-refractivity contribution in [3.8, 4) is 0 Å². The lowest BCUT2D eigenvalue weighted by Crippen LogP contribution is -2.30. The van der Waals surface area contributed by atoms with Crippen molar-refractivity contribution in [3.05, 3.63) is 0 Å². The van der Waals surface area contributed by atoms with E-state index < -0.39 is 0 Å². The van der Waals surface area contributed by atoms with Crippen LogP contribution in [0.15, 0.2) is 0 Å². The van der Waals surface area contributed by atoms with Gasteiger partial charge in [0, 0.05) is 6.54 Å². The van der Waals surface area contributed by atoms with Crippen molar-refractivity contribution in [2.75, 3.05) is 19.6 Å². The van der Waals surface area contributed by atoms with Crippen LogP contribution in [0.25, 0.3) is 0 Å². The molecule has 1 fully saturated rings. The van der Waals surface area contributed by atoms with Gasteiger partial charge in [-0.1, -0.05) is 39.5 Å². The molecule has 1 aliphatic rings. The first-order valence-corrected chi connectivity index (χ1v) is 7.09. The molecule has 0 atom stereocenters. The van der Waals surface area contributed by atoms with Gasteiger partial charge in [0.15, 0.2) is 0 Å². The molecule has 0 N–H and O–H groups in total. The van der Waals surface area contributed by atoms with Crippen molar-refractivity contribution in [1.82, 2.24) is 4.90 Å². The molecule has 0 aromatic rings. The summed E-state index contributed by atoms with van der Waals surface area (Å²) >= 11 is 0. The highest BCUT2D eigenvalue weighted by Gasteiger charge is 2.14.